The summed E-state index contributed by atoms with van der Waals surface area (Å²) >= 11 is 2.85. The van der Waals surface area contributed by atoms with Gasteiger partial charge in [-0.3, -0.25) is 9.59 Å². The van der Waals surface area contributed by atoms with Gasteiger partial charge in [-0.25, -0.2) is 4.98 Å². The van der Waals surface area contributed by atoms with E-state index in [2.05, 4.69) is 28.1 Å². The van der Waals surface area contributed by atoms with E-state index < -0.39 is 0 Å². The Labute approximate surface area is 201 Å². The first-order valence-electron chi connectivity index (χ1n) is 11.3. The van der Waals surface area contributed by atoms with Crippen molar-refractivity contribution in [2.45, 2.75) is 45.6 Å². The Bertz CT molecular complexity index is 1180. The molecule has 0 unspecified atom stereocenters. The molecule has 0 fully saturated rings. The quantitative estimate of drug-likeness (QED) is 0.526. The fourth-order valence-electron chi connectivity index (χ4n) is 4.27. The van der Waals surface area contributed by atoms with Gasteiger partial charge in [0.25, 0.3) is 5.91 Å². The predicted octanol–water partition coefficient (Wildman–Crippen LogP) is 4.52. The van der Waals surface area contributed by atoms with Gasteiger partial charge >= 0.3 is 0 Å². The van der Waals surface area contributed by atoms with Crippen LogP contribution >= 0.6 is 22.7 Å². The average molecular weight is 487 g/mol. The number of pyridine rings is 1. The van der Waals surface area contributed by atoms with Crippen molar-refractivity contribution in [3.63, 3.8) is 0 Å². The highest BCUT2D eigenvalue weighted by Crippen LogP contribution is 2.39. The molecule has 0 bridgehead atoms. The normalized spacial score (nSPS) is 15.4. The van der Waals surface area contributed by atoms with Crippen molar-refractivity contribution in [1.82, 2.24) is 9.88 Å². The standard InChI is InChI=1S/C21H22N4O2S2.C3H8O/c1-25-7-6-15-11(9-25)8-13-17(22)18(29-20(13)23-15)19(27)24-21-14(10-26)12-4-2-3-5-16(12)28-21;1-3-4-2/h8,10H,2-7,9,22H2,1H3,(H,24,27);3H2,1-2H3. The van der Waals surface area contributed by atoms with Gasteiger partial charge in [-0.2, -0.15) is 0 Å². The number of anilines is 2. The predicted molar refractivity (Wildman–Crippen MR) is 136 cm³/mol. The van der Waals surface area contributed by atoms with Crippen LogP contribution in [0.5, 0.6) is 0 Å². The average Bonchev–Trinajstić information content (AvgIpc) is 3.34. The van der Waals surface area contributed by atoms with Gasteiger partial charge in [-0.1, -0.05) is 0 Å². The topological polar surface area (TPSA) is 97.5 Å². The molecular formula is C24H30N4O3S2. The van der Waals surface area contributed by atoms with Gasteiger partial charge in [0.1, 0.15) is 14.7 Å². The Morgan fingerprint density at radius 1 is 1.30 bits per heavy atom. The third-order valence-corrected chi connectivity index (χ3v) is 8.45. The number of amides is 1. The molecule has 176 valence electrons. The zero-order valence-electron chi connectivity index (χ0n) is 19.3. The number of fused-ring (bicyclic) bond motifs is 3. The fraction of sp³-hybridized carbons (Fsp3) is 0.458. The lowest BCUT2D eigenvalue weighted by molar-refractivity contribution is 0.103. The molecule has 5 rings (SSSR count). The van der Waals surface area contributed by atoms with E-state index in [0.29, 0.717) is 21.1 Å². The third-order valence-electron chi connectivity index (χ3n) is 6.11. The number of thiophene rings is 2. The van der Waals surface area contributed by atoms with E-state index in [-0.39, 0.29) is 5.91 Å². The van der Waals surface area contributed by atoms with Crippen molar-refractivity contribution >= 4 is 55.8 Å². The lowest BCUT2D eigenvalue weighted by Crippen LogP contribution is -2.27. The number of nitrogen functional groups attached to an aromatic ring is 1. The molecule has 3 aromatic rings. The minimum atomic E-state index is -0.262. The molecule has 0 aromatic carbocycles. The van der Waals surface area contributed by atoms with Gasteiger partial charge < -0.3 is 20.7 Å². The van der Waals surface area contributed by atoms with Crippen molar-refractivity contribution in [3.05, 3.63) is 38.2 Å². The molecule has 1 aliphatic heterocycles. The first kappa shape index (κ1) is 23.8. The van der Waals surface area contributed by atoms with Crippen LogP contribution < -0.4 is 11.1 Å². The van der Waals surface area contributed by atoms with E-state index in [1.54, 1.807) is 7.11 Å². The SMILES string of the molecule is CCOC.CN1CCc2nc3sc(C(=O)Nc4sc5c(c4C=O)CCCC5)c(N)c3cc2C1. The number of ether oxygens (including phenoxy) is 1. The summed E-state index contributed by atoms with van der Waals surface area (Å²) in [7, 11) is 3.77. The Kier molecular flexibility index (Phi) is 7.43. The van der Waals surface area contributed by atoms with E-state index in [0.717, 1.165) is 79.6 Å². The van der Waals surface area contributed by atoms with Crippen molar-refractivity contribution in [2.24, 2.45) is 0 Å². The van der Waals surface area contributed by atoms with Crippen LogP contribution in [0.25, 0.3) is 10.2 Å². The highest BCUT2D eigenvalue weighted by Gasteiger charge is 2.25. The summed E-state index contributed by atoms with van der Waals surface area (Å²) in [4.78, 5) is 34.2. The molecule has 2 aliphatic rings. The number of nitrogens with zero attached hydrogens (tertiary/aromatic N) is 2. The Hall–Kier alpha value is -2.33. The molecule has 9 heteroatoms. The first-order chi connectivity index (χ1) is 16.0. The molecule has 0 radical (unpaired) electrons. The molecule has 0 atom stereocenters. The molecule has 0 spiro atoms. The number of carbonyl (C=O) groups excluding carboxylic acids is 2. The zero-order valence-corrected chi connectivity index (χ0v) is 21.0. The van der Waals surface area contributed by atoms with Gasteiger partial charge in [0.2, 0.25) is 0 Å². The second-order valence-corrected chi connectivity index (χ2v) is 10.5. The Morgan fingerprint density at radius 3 is 2.79 bits per heavy atom. The summed E-state index contributed by atoms with van der Waals surface area (Å²) in [5.41, 5.74) is 10.8. The lowest BCUT2D eigenvalue weighted by atomic mass is 9.96. The monoisotopic (exact) mass is 486 g/mol. The molecule has 0 saturated heterocycles. The number of methoxy groups -OCH3 is 1. The highest BCUT2D eigenvalue weighted by atomic mass is 32.1. The van der Waals surface area contributed by atoms with Crippen molar-refractivity contribution in [3.8, 4) is 0 Å². The smallest absolute Gasteiger partial charge is 0.268 e. The fourth-order valence-corrected chi connectivity index (χ4v) is 6.52. The molecule has 4 heterocycles. The molecule has 0 saturated carbocycles. The minimum Gasteiger partial charge on any atom is -0.397 e. The molecule has 1 amide bonds. The number of aromatic nitrogens is 1. The summed E-state index contributed by atoms with van der Waals surface area (Å²) in [5.74, 6) is -0.262. The van der Waals surface area contributed by atoms with E-state index >= 15 is 0 Å². The number of rotatable bonds is 4. The van der Waals surface area contributed by atoms with E-state index in [4.69, 9.17) is 10.7 Å². The molecule has 3 N–H and O–H groups in total. The molecule has 7 nitrogen and oxygen atoms in total. The number of nitrogens with one attached hydrogen (secondary N) is 1. The number of hydrogen-bond donors (Lipinski definition) is 2. The zero-order chi connectivity index (χ0) is 23.5. The van der Waals surface area contributed by atoms with Crippen LogP contribution in [0.4, 0.5) is 10.7 Å². The van der Waals surface area contributed by atoms with Crippen LogP contribution in [0.15, 0.2) is 6.07 Å². The maximum absolute atomic E-state index is 13.0. The third kappa shape index (κ3) is 4.82. The largest absolute Gasteiger partial charge is 0.397 e. The van der Waals surface area contributed by atoms with Gasteiger partial charge in [0.15, 0.2) is 6.29 Å². The van der Waals surface area contributed by atoms with E-state index in [1.165, 1.54) is 33.1 Å². The van der Waals surface area contributed by atoms with Crippen molar-refractivity contribution in [1.29, 1.82) is 0 Å². The summed E-state index contributed by atoms with van der Waals surface area (Å²) < 4.78 is 4.54. The number of carbonyl (C=O) groups is 2. The first-order valence-corrected chi connectivity index (χ1v) is 12.9. The Morgan fingerprint density at radius 2 is 2.06 bits per heavy atom. The van der Waals surface area contributed by atoms with E-state index in [1.807, 2.05) is 6.92 Å². The van der Waals surface area contributed by atoms with Crippen molar-refractivity contribution < 1.29 is 14.3 Å². The van der Waals surface area contributed by atoms with Crippen LogP contribution in [0, 0.1) is 0 Å². The summed E-state index contributed by atoms with van der Waals surface area (Å²) in [6, 6.07) is 2.08. The highest BCUT2D eigenvalue weighted by molar-refractivity contribution is 7.21. The van der Waals surface area contributed by atoms with Crippen LogP contribution in [-0.4, -0.2) is 49.4 Å². The number of aldehydes is 1. The number of nitrogens with two attached hydrogens (primary N) is 1. The molecule has 3 aromatic heterocycles. The maximum atomic E-state index is 13.0. The number of aryl methyl sites for hydroxylation is 1. The van der Waals surface area contributed by atoms with Crippen molar-refractivity contribution in [2.75, 3.05) is 38.4 Å². The van der Waals surface area contributed by atoms with Crippen LogP contribution in [0.2, 0.25) is 0 Å². The summed E-state index contributed by atoms with van der Waals surface area (Å²) in [5, 5.41) is 4.44. The van der Waals surface area contributed by atoms with E-state index in [9.17, 15) is 9.59 Å². The second-order valence-electron chi connectivity index (χ2n) is 8.38. The number of hydrogen-bond acceptors (Lipinski definition) is 8. The van der Waals surface area contributed by atoms with Crippen LogP contribution in [-0.2, 0) is 30.5 Å². The van der Waals surface area contributed by atoms with Gasteiger partial charge in [0, 0.05) is 49.2 Å². The van der Waals surface area contributed by atoms with Gasteiger partial charge in [-0.15, -0.1) is 22.7 Å². The summed E-state index contributed by atoms with van der Waals surface area (Å²) in [6.07, 6.45) is 5.89. The molecule has 33 heavy (non-hydrogen) atoms. The maximum Gasteiger partial charge on any atom is 0.268 e. The molecule has 1 aliphatic carbocycles. The van der Waals surface area contributed by atoms with Gasteiger partial charge in [0.05, 0.1) is 11.3 Å². The minimum absolute atomic E-state index is 0.262. The second kappa shape index (κ2) is 10.3. The number of likely N-dealkylation sites (N-methyl/N-ethyl adjacent to an activating group) is 1. The summed E-state index contributed by atoms with van der Waals surface area (Å²) in [6.45, 7) is 4.61. The Balaban J connectivity index is 0.000000601. The lowest BCUT2D eigenvalue weighted by Gasteiger charge is -2.24. The van der Waals surface area contributed by atoms with Crippen LogP contribution in [0.3, 0.4) is 0 Å². The van der Waals surface area contributed by atoms with Crippen LogP contribution in [0.1, 0.15) is 61.5 Å². The molecular weight excluding hydrogens is 456 g/mol. The van der Waals surface area contributed by atoms with Gasteiger partial charge in [-0.05, 0) is 56.8 Å².